The molecule has 1 saturated heterocycles. The molecule has 2 aromatic rings. The van der Waals surface area contributed by atoms with E-state index in [1.807, 2.05) is 36.4 Å². The molecule has 2 fully saturated rings. The van der Waals surface area contributed by atoms with Gasteiger partial charge in [-0.2, -0.15) is 0 Å². The topological polar surface area (TPSA) is 49.8 Å². The first-order valence-corrected chi connectivity index (χ1v) is 10.3. The standard InChI is InChI=1S/C24H22ClNO3/c1-26-23(28)22(19(27)13-10-15-8-11-16(25)12-9-15)21-17-5-2-3-7-20(17)29-24(26)14-4-6-18(21)24/h2-3,5,7-13,18,21,27H,4,6,14H2,1H3/b13-10?,22-19-. The molecule has 2 heterocycles. The van der Waals surface area contributed by atoms with Crippen LogP contribution in [0.5, 0.6) is 5.75 Å². The lowest BCUT2D eigenvalue weighted by Gasteiger charge is -2.54. The first-order valence-electron chi connectivity index (χ1n) is 9.94. The van der Waals surface area contributed by atoms with Gasteiger partial charge >= 0.3 is 0 Å². The number of allylic oxidation sites excluding steroid dienone is 1. The van der Waals surface area contributed by atoms with Gasteiger partial charge in [0.25, 0.3) is 5.91 Å². The van der Waals surface area contributed by atoms with Gasteiger partial charge in [0.2, 0.25) is 0 Å². The van der Waals surface area contributed by atoms with E-state index in [9.17, 15) is 9.90 Å². The number of likely N-dealkylation sites (tertiary alicyclic amines) is 1. The number of hydrogen-bond acceptors (Lipinski definition) is 3. The average molecular weight is 408 g/mol. The second kappa shape index (κ2) is 6.67. The molecule has 2 aromatic carbocycles. The SMILES string of the molecule is CN1C(=O)/C(=C(\O)C=Cc2ccc(Cl)cc2)C2c3ccccc3OC13CCCC23. The van der Waals surface area contributed by atoms with Crippen molar-refractivity contribution in [2.45, 2.75) is 30.9 Å². The van der Waals surface area contributed by atoms with Crippen molar-refractivity contribution in [1.82, 2.24) is 4.90 Å². The maximum absolute atomic E-state index is 13.4. The molecule has 3 unspecified atom stereocenters. The summed E-state index contributed by atoms with van der Waals surface area (Å²) >= 11 is 5.94. The van der Waals surface area contributed by atoms with E-state index in [0.29, 0.717) is 10.6 Å². The Morgan fingerprint density at radius 1 is 1.24 bits per heavy atom. The number of amides is 1. The highest BCUT2D eigenvalue weighted by atomic mass is 35.5. The van der Waals surface area contributed by atoms with Crippen molar-refractivity contribution in [2.75, 3.05) is 7.05 Å². The summed E-state index contributed by atoms with van der Waals surface area (Å²) < 4.78 is 6.44. The number of halogens is 1. The number of nitrogens with zero attached hydrogens (tertiary/aromatic N) is 1. The number of benzene rings is 2. The fourth-order valence-electron chi connectivity index (χ4n) is 5.21. The van der Waals surface area contributed by atoms with Crippen LogP contribution in [0.4, 0.5) is 0 Å². The zero-order valence-electron chi connectivity index (χ0n) is 16.1. The predicted octanol–water partition coefficient (Wildman–Crippen LogP) is 5.31. The number of rotatable bonds is 2. The lowest BCUT2D eigenvalue weighted by Crippen LogP contribution is -2.64. The lowest BCUT2D eigenvalue weighted by molar-refractivity contribution is -0.166. The molecule has 3 atom stereocenters. The van der Waals surface area contributed by atoms with Gasteiger partial charge in [-0.05, 0) is 42.7 Å². The van der Waals surface area contributed by atoms with E-state index >= 15 is 0 Å². The molecule has 5 heteroatoms. The molecule has 3 aliphatic rings. The Kier molecular flexibility index (Phi) is 4.21. The molecule has 5 rings (SSSR count). The summed E-state index contributed by atoms with van der Waals surface area (Å²) in [6, 6.07) is 15.2. The number of para-hydroxylation sites is 1. The number of likely N-dealkylation sites (N-methyl/N-ethyl adjacent to an activating group) is 1. The van der Waals surface area contributed by atoms with E-state index in [0.717, 1.165) is 36.1 Å². The molecular weight excluding hydrogens is 386 g/mol. The highest BCUT2D eigenvalue weighted by Gasteiger charge is 2.62. The summed E-state index contributed by atoms with van der Waals surface area (Å²) in [6.07, 6.45) is 6.20. The first-order chi connectivity index (χ1) is 14.0. The van der Waals surface area contributed by atoms with Crippen molar-refractivity contribution in [3.05, 3.63) is 82.1 Å². The third-order valence-corrected chi connectivity index (χ3v) is 6.82. The van der Waals surface area contributed by atoms with Crippen molar-refractivity contribution in [2.24, 2.45) is 5.92 Å². The zero-order valence-corrected chi connectivity index (χ0v) is 16.9. The van der Waals surface area contributed by atoms with Gasteiger partial charge in [-0.3, -0.25) is 4.79 Å². The smallest absolute Gasteiger partial charge is 0.256 e. The molecule has 29 heavy (non-hydrogen) atoms. The molecule has 4 nitrogen and oxygen atoms in total. The van der Waals surface area contributed by atoms with Gasteiger partial charge in [0, 0.05) is 35.9 Å². The second-order valence-electron chi connectivity index (χ2n) is 8.01. The molecule has 2 bridgehead atoms. The molecule has 0 aromatic heterocycles. The number of carbonyl (C=O) groups excluding carboxylic acids is 1. The minimum Gasteiger partial charge on any atom is -0.507 e. The van der Waals surface area contributed by atoms with E-state index in [1.165, 1.54) is 0 Å². The number of aliphatic hydroxyl groups is 1. The largest absolute Gasteiger partial charge is 0.507 e. The Balaban J connectivity index is 1.63. The van der Waals surface area contributed by atoms with Crippen molar-refractivity contribution < 1.29 is 14.6 Å². The maximum atomic E-state index is 13.4. The van der Waals surface area contributed by atoms with Crippen LogP contribution in [0.1, 0.15) is 36.3 Å². The van der Waals surface area contributed by atoms with Crippen LogP contribution in [-0.4, -0.2) is 28.7 Å². The molecule has 1 saturated carbocycles. The van der Waals surface area contributed by atoms with Gasteiger partial charge < -0.3 is 14.7 Å². The molecule has 0 spiro atoms. The molecular formula is C24H22ClNO3. The van der Waals surface area contributed by atoms with E-state index in [4.69, 9.17) is 16.3 Å². The van der Waals surface area contributed by atoms with E-state index in [1.54, 1.807) is 36.2 Å². The van der Waals surface area contributed by atoms with Crippen molar-refractivity contribution in [1.29, 1.82) is 0 Å². The summed E-state index contributed by atoms with van der Waals surface area (Å²) in [6.45, 7) is 0. The Labute approximate surface area is 175 Å². The molecule has 1 aliphatic carbocycles. The Bertz CT molecular complexity index is 1040. The van der Waals surface area contributed by atoms with Crippen LogP contribution in [0.3, 0.4) is 0 Å². The Hall–Kier alpha value is -2.72. The van der Waals surface area contributed by atoms with Crippen LogP contribution in [0, 0.1) is 5.92 Å². The van der Waals surface area contributed by atoms with Gasteiger partial charge in [0.1, 0.15) is 11.5 Å². The molecule has 2 aliphatic heterocycles. The van der Waals surface area contributed by atoms with Crippen molar-refractivity contribution in [3.63, 3.8) is 0 Å². The van der Waals surface area contributed by atoms with Gasteiger partial charge in [0.15, 0.2) is 5.72 Å². The number of carbonyl (C=O) groups is 1. The van der Waals surface area contributed by atoms with Crippen LogP contribution < -0.4 is 4.74 Å². The van der Waals surface area contributed by atoms with E-state index < -0.39 is 5.72 Å². The maximum Gasteiger partial charge on any atom is 0.256 e. The minimum absolute atomic E-state index is 0.0130. The highest BCUT2D eigenvalue weighted by Crippen LogP contribution is 2.59. The minimum atomic E-state index is -0.611. The zero-order chi connectivity index (χ0) is 20.2. The lowest BCUT2D eigenvalue weighted by atomic mass is 9.69. The third kappa shape index (κ3) is 2.70. The fourth-order valence-corrected chi connectivity index (χ4v) is 5.34. The van der Waals surface area contributed by atoms with E-state index in [2.05, 4.69) is 0 Å². The predicted molar refractivity (Wildman–Crippen MR) is 113 cm³/mol. The summed E-state index contributed by atoms with van der Waals surface area (Å²) in [5, 5.41) is 11.7. The first kappa shape index (κ1) is 18.3. The highest BCUT2D eigenvalue weighted by molar-refractivity contribution is 6.30. The van der Waals surface area contributed by atoms with Gasteiger partial charge in [0.05, 0.1) is 5.57 Å². The molecule has 1 amide bonds. The molecule has 0 radical (unpaired) electrons. The summed E-state index contributed by atoms with van der Waals surface area (Å²) in [5.41, 5.74) is 1.73. The van der Waals surface area contributed by atoms with Crippen molar-refractivity contribution >= 4 is 23.6 Å². The number of fused-ring (bicyclic) bond motifs is 2. The summed E-state index contributed by atoms with van der Waals surface area (Å²) in [5.74, 6) is 0.629. The fraction of sp³-hybridized carbons (Fsp3) is 0.292. The summed E-state index contributed by atoms with van der Waals surface area (Å²) in [7, 11) is 1.79. The number of hydrogen-bond donors (Lipinski definition) is 1. The van der Waals surface area contributed by atoms with Crippen LogP contribution in [-0.2, 0) is 4.79 Å². The quantitative estimate of drug-likeness (QED) is 0.542. The molecule has 1 N–H and O–H groups in total. The van der Waals surface area contributed by atoms with Gasteiger partial charge in [-0.15, -0.1) is 0 Å². The van der Waals surface area contributed by atoms with E-state index in [-0.39, 0.29) is 23.5 Å². The normalized spacial score (nSPS) is 29.4. The Morgan fingerprint density at radius 2 is 2.00 bits per heavy atom. The molecule has 148 valence electrons. The van der Waals surface area contributed by atoms with Crippen molar-refractivity contribution in [3.8, 4) is 5.75 Å². The number of aliphatic hydroxyl groups excluding tert-OH is 1. The average Bonchev–Trinajstić information content (AvgIpc) is 3.17. The third-order valence-electron chi connectivity index (χ3n) is 6.57. The number of ether oxygens (including phenoxy) is 1. The van der Waals surface area contributed by atoms with Crippen LogP contribution in [0.2, 0.25) is 5.02 Å². The monoisotopic (exact) mass is 407 g/mol. The summed E-state index contributed by atoms with van der Waals surface area (Å²) in [4.78, 5) is 15.1. The van der Waals surface area contributed by atoms with Crippen LogP contribution in [0.15, 0.2) is 65.9 Å². The van der Waals surface area contributed by atoms with Crippen LogP contribution >= 0.6 is 11.6 Å². The van der Waals surface area contributed by atoms with Gasteiger partial charge in [-0.1, -0.05) is 48.0 Å². The van der Waals surface area contributed by atoms with Crippen LogP contribution in [0.25, 0.3) is 6.08 Å². The van der Waals surface area contributed by atoms with Gasteiger partial charge in [-0.25, -0.2) is 0 Å². The Morgan fingerprint density at radius 3 is 2.79 bits per heavy atom. The number of piperidine rings is 1. The second-order valence-corrected chi connectivity index (χ2v) is 8.45.